The SMILES string of the molecule is [Cl-].[Cl-].c1ccc2[nH]c(SCCCCCCCCCCSc3nc4ccccc4[nH]3)nc2c1. The first kappa shape index (κ1) is 26.9. The molecule has 0 saturated carbocycles. The molecule has 4 rings (SSSR count). The summed E-state index contributed by atoms with van der Waals surface area (Å²) in [6.45, 7) is 0. The number of aromatic amines is 2. The van der Waals surface area contributed by atoms with E-state index in [0.717, 1.165) is 43.9 Å². The van der Waals surface area contributed by atoms with Crippen molar-refractivity contribution in [2.24, 2.45) is 0 Å². The standard InChI is InChI=1S/C24H30N4S2.2ClH/c1(3-5-11-17-29-23-25-19-13-7-8-14-20(19)26-23)2-4-6-12-18-30-24-27-21-15-9-10-16-22(21)28-24;;/h7-10,13-16H,1-6,11-12,17-18H2,(H,25,26)(H,27,28);2*1H/p-2. The third-order valence-electron chi connectivity index (χ3n) is 5.25. The Labute approximate surface area is 211 Å². The number of para-hydroxylation sites is 4. The highest BCUT2D eigenvalue weighted by molar-refractivity contribution is 7.99. The van der Waals surface area contributed by atoms with Crippen molar-refractivity contribution >= 4 is 45.6 Å². The summed E-state index contributed by atoms with van der Waals surface area (Å²) in [7, 11) is 0. The van der Waals surface area contributed by atoms with Gasteiger partial charge in [-0.3, -0.25) is 0 Å². The number of nitrogens with one attached hydrogen (secondary N) is 2. The Morgan fingerprint density at radius 2 is 0.906 bits per heavy atom. The monoisotopic (exact) mass is 508 g/mol. The van der Waals surface area contributed by atoms with Gasteiger partial charge in [-0.25, -0.2) is 9.97 Å². The van der Waals surface area contributed by atoms with Crippen LogP contribution in [-0.2, 0) is 0 Å². The van der Waals surface area contributed by atoms with E-state index in [1.54, 1.807) is 0 Å². The van der Waals surface area contributed by atoms with E-state index in [1.807, 2.05) is 35.7 Å². The summed E-state index contributed by atoms with van der Waals surface area (Å²) in [6.07, 6.45) is 10.6. The van der Waals surface area contributed by atoms with Crippen LogP contribution in [0.15, 0.2) is 58.8 Å². The molecule has 0 bridgehead atoms. The van der Waals surface area contributed by atoms with Crippen LogP contribution in [0.2, 0.25) is 0 Å². The molecule has 0 spiro atoms. The molecule has 2 N–H and O–H groups in total. The van der Waals surface area contributed by atoms with Gasteiger partial charge in [-0.2, -0.15) is 0 Å². The summed E-state index contributed by atoms with van der Waals surface area (Å²) in [4.78, 5) is 16.0. The molecular formula is C24H30Cl2N4S2-2. The average molecular weight is 510 g/mol. The minimum absolute atomic E-state index is 0. The highest BCUT2D eigenvalue weighted by Gasteiger charge is 2.03. The lowest BCUT2D eigenvalue weighted by atomic mass is 10.1. The van der Waals surface area contributed by atoms with Crippen molar-refractivity contribution in [2.75, 3.05) is 11.5 Å². The van der Waals surface area contributed by atoms with Crippen molar-refractivity contribution in [2.45, 2.75) is 61.7 Å². The van der Waals surface area contributed by atoms with Crippen LogP contribution in [0.1, 0.15) is 51.4 Å². The van der Waals surface area contributed by atoms with Crippen molar-refractivity contribution in [1.29, 1.82) is 0 Å². The molecule has 0 radical (unpaired) electrons. The summed E-state index contributed by atoms with van der Waals surface area (Å²) in [5.74, 6) is 2.30. The van der Waals surface area contributed by atoms with Crippen LogP contribution in [0.25, 0.3) is 22.1 Å². The van der Waals surface area contributed by atoms with Crippen molar-refractivity contribution in [3.63, 3.8) is 0 Å². The molecule has 2 heterocycles. The van der Waals surface area contributed by atoms with Crippen LogP contribution in [-0.4, -0.2) is 31.4 Å². The van der Waals surface area contributed by atoms with Crippen molar-refractivity contribution in [3.05, 3.63) is 48.5 Å². The Bertz CT molecular complexity index is 901. The molecule has 0 saturated heterocycles. The van der Waals surface area contributed by atoms with E-state index in [9.17, 15) is 0 Å². The van der Waals surface area contributed by atoms with Crippen molar-refractivity contribution < 1.29 is 24.8 Å². The topological polar surface area (TPSA) is 57.4 Å². The maximum Gasteiger partial charge on any atom is 0.166 e. The number of hydrogen-bond donors (Lipinski definition) is 2. The Morgan fingerprint density at radius 3 is 1.31 bits per heavy atom. The van der Waals surface area contributed by atoms with Crippen LogP contribution in [0.4, 0.5) is 0 Å². The van der Waals surface area contributed by atoms with E-state index < -0.39 is 0 Å². The number of rotatable bonds is 13. The second kappa shape index (κ2) is 14.7. The fourth-order valence-electron chi connectivity index (χ4n) is 3.60. The van der Waals surface area contributed by atoms with E-state index in [-0.39, 0.29) is 24.8 Å². The quantitative estimate of drug-likeness (QED) is 0.212. The second-order valence-electron chi connectivity index (χ2n) is 7.64. The summed E-state index contributed by atoms with van der Waals surface area (Å²) >= 11 is 3.69. The molecule has 4 nitrogen and oxygen atoms in total. The van der Waals surface area contributed by atoms with E-state index in [1.165, 1.54) is 51.4 Å². The van der Waals surface area contributed by atoms with Crippen LogP contribution in [0, 0.1) is 0 Å². The lowest BCUT2D eigenvalue weighted by Gasteiger charge is -2.02. The minimum atomic E-state index is 0. The highest BCUT2D eigenvalue weighted by Crippen LogP contribution is 2.22. The number of hydrogen-bond acceptors (Lipinski definition) is 4. The summed E-state index contributed by atoms with van der Waals surface area (Å²) in [5.41, 5.74) is 4.40. The molecule has 0 unspecified atom stereocenters. The van der Waals surface area contributed by atoms with Gasteiger partial charge in [0.1, 0.15) is 0 Å². The largest absolute Gasteiger partial charge is 1.00 e. The third kappa shape index (κ3) is 8.22. The molecule has 0 amide bonds. The number of nitrogens with zero attached hydrogens (tertiary/aromatic N) is 2. The smallest absolute Gasteiger partial charge is 0.166 e. The molecular weight excluding hydrogens is 479 g/mol. The Hall–Kier alpha value is -1.34. The summed E-state index contributed by atoms with van der Waals surface area (Å²) in [6, 6.07) is 16.5. The molecule has 4 aromatic rings. The van der Waals surface area contributed by atoms with Gasteiger partial charge < -0.3 is 34.8 Å². The lowest BCUT2D eigenvalue weighted by Crippen LogP contribution is -3.00. The predicted octanol–water partition coefficient (Wildman–Crippen LogP) is 1.45. The Morgan fingerprint density at radius 1 is 0.531 bits per heavy atom. The molecule has 0 aliphatic heterocycles. The zero-order chi connectivity index (χ0) is 20.4. The number of imidazole rings is 2. The first-order valence-electron chi connectivity index (χ1n) is 11.0. The second-order valence-corrected chi connectivity index (χ2v) is 9.81. The van der Waals surface area contributed by atoms with E-state index in [0.29, 0.717) is 0 Å². The summed E-state index contributed by atoms with van der Waals surface area (Å²) in [5, 5.41) is 2.11. The number of benzene rings is 2. The highest BCUT2D eigenvalue weighted by atomic mass is 35.5. The van der Waals surface area contributed by atoms with Gasteiger partial charge in [-0.05, 0) is 37.1 Å². The maximum absolute atomic E-state index is 4.63. The fraction of sp³-hybridized carbons (Fsp3) is 0.417. The zero-order valence-corrected chi connectivity index (χ0v) is 21.3. The van der Waals surface area contributed by atoms with Gasteiger partial charge in [-0.1, -0.05) is 86.3 Å². The maximum atomic E-state index is 4.63. The average Bonchev–Trinajstić information content (AvgIpc) is 3.37. The number of aromatic nitrogens is 4. The lowest BCUT2D eigenvalue weighted by molar-refractivity contribution is -0.001000. The summed E-state index contributed by atoms with van der Waals surface area (Å²) < 4.78 is 0. The van der Waals surface area contributed by atoms with Gasteiger partial charge in [-0.15, -0.1) is 0 Å². The van der Waals surface area contributed by atoms with Gasteiger partial charge in [0, 0.05) is 11.5 Å². The number of thioether (sulfide) groups is 2. The van der Waals surface area contributed by atoms with Gasteiger partial charge in [0.05, 0.1) is 22.1 Å². The molecule has 2 aromatic carbocycles. The van der Waals surface area contributed by atoms with Crippen LogP contribution in [0.5, 0.6) is 0 Å². The van der Waals surface area contributed by atoms with E-state index in [2.05, 4.69) is 56.3 Å². The number of unbranched alkanes of at least 4 members (excludes halogenated alkanes) is 7. The van der Waals surface area contributed by atoms with E-state index in [4.69, 9.17) is 0 Å². The van der Waals surface area contributed by atoms with Crippen LogP contribution < -0.4 is 24.8 Å². The molecule has 0 aliphatic rings. The molecule has 2 aromatic heterocycles. The normalized spacial score (nSPS) is 10.9. The van der Waals surface area contributed by atoms with E-state index >= 15 is 0 Å². The molecule has 8 heteroatoms. The zero-order valence-electron chi connectivity index (χ0n) is 18.2. The first-order valence-corrected chi connectivity index (χ1v) is 13.0. The van der Waals surface area contributed by atoms with Gasteiger partial charge in [0.25, 0.3) is 0 Å². The molecule has 0 atom stereocenters. The minimum Gasteiger partial charge on any atom is -1.00 e. The molecule has 0 aliphatic carbocycles. The fourth-order valence-corrected chi connectivity index (χ4v) is 5.37. The van der Waals surface area contributed by atoms with Crippen molar-refractivity contribution in [3.8, 4) is 0 Å². The first-order chi connectivity index (χ1) is 14.9. The molecule has 0 fully saturated rings. The number of H-pyrrole nitrogens is 2. The number of fused-ring (bicyclic) bond motifs is 2. The number of halogens is 2. The van der Waals surface area contributed by atoms with Crippen LogP contribution in [0.3, 0.4) is 0 Å². The molecule has 174 valence electrons. The Balaban J connectivity index is 0.00000181. The third-order valence-corrected chi connectivity index (χ3v) is 7.17. The predicted molar refractivity (Wildman–Crippen MR) is 131 cm³/mol. The van der Waals surface area contributed by atoms with Gasteiger partial charge in [0.15, 0.2) is 10.3 Å². The van der Waals surface area contributed by atoms with Gasteiger partial charge in [0.2, 0.25) is 0 Å². The van der Waals surface area contributed by atoms with Crippen LogP contribution >= 0.6 is 23.5 Å². The van der Waals surface area contributed by atoms with Crippen molar-refractivity contribution in [1.82, 2.24) is 19.9 Å². The van der Waals surface area contributed by atoms with Gasteiger partial charge >= 0.3 is 0 Å². The molecule has 32 heavy (non-hydrogen) atoms. The Kier molecular flexibility index (Phi) is 12.4.